The standard InChI is InChI=1S/C24H21N3O2/c1-3-13-29-19-6-4-5-18(14-19)16-7-9-17(10-8-16)20-11-12-21(20)22-15-23(28)27(2)24(25)26-22/h1,4-12,14-15,20-21H,13H2,2H3,(H2,25,26). The Bertz CT molecular complexity index is 1170. The van der Waals surface area contributed by atoms with Crippen LogP contribution >= 0.6 is 0 Å². The lowest BCUT2D eigenvalue weighted by molar-refractivity contribution is 0.370. The maximum Gasteiger partial charge on any atom is 0.254 e. The molecule has 0 aliphatic heterocycles. The van der Waals surface area contributed by atoms with Crippen LogP contribution in [0.5, 0.6) is 5.75 Å². The summed E-state index contributed by atoms with van der Waals surface area (Å²) in [6, 6.07) is 17.8. The molecule has 4 rings (SSSR count). The van der Waals surface area contributed by atoms with Crippen LogP contribution in [0, 0.1) is 12.3 Å². The van der Waals surface area contributed by atoms with E-state index in [1.54, 1.807) is 13.1 Å². The van der Waals surface area contributed by atoms with E-state index in [1.165, 1.54) is 10.1 Å². The average molecular weight is 383 g/mol. The first kappa shape index (κ1) is 18.6. The molecule has 0 fully saturated rings. The van der Waals surface area contributed by atoms with Gasteiger partial charge >= 0.3 is 0 Å². The van der Waals surface area contributed by atoms with Gasteiger partial charge in [0.2, 0.25) is 5.95 Å². The second kappa shape index (κ2) is 7.69. The minimum atomic E-state index is -0.145. The summed E-state index contributed by atoms with van der Waals surface area (Å²) in [7, 11) is 1.62. The molecule has 144 valence electrons. The molecule has 2 N–H and O–H groups in total. The Balaban J connectivity index is 1.55. The van der Waals surface area contributed by atoms with Crippen molar-refractivity contribution in [2.75, 3.05) is 12.3 Å². The first-order valence-electron chi connectivity index (χ1n) is 9.35. The molecule has 0 amide bonds. The molecular weight excluding hydrogens is 362 g/mol. The Labute approximate surface area is 169 Å². The molecule has 5 heteroatoms. The SMILES string of the molecule is C#CCOc1cccc(-c2ccc(C3C=CC3c3cc(=O)n(C)c(N)n3)cc2)c1. The summed E-state index contributed by atoms with van der Waals surface area (Å²) < 4.78 is 6.85. The molecule has 2 aromatic carbocycles. The lowest BCUT2D eigenvalue weighted by Crippen LogP contribution is -2.25. The topological polar surface area (TPSA) is 70.1 Å². The van der Waals surface area contributed by atoms with Gasteiger partial charge in [0, 0.05) is 24.9 Å². The molecule has 5 nitrogen and oxygen atoms in total. The van der Waals surface area contributed by atoms with Crippen molar-refractivity contribution in [1.82, 2.24) is 9.55 Å². The molecule has 1 aliphatic rings. The van der Waals surface area contributed by atoms with Crippen LogP contribution in [0.4, 0.5) is 5.95 Å². The molecule has 2 atom stereocenters. The Morgan fingerprint density at radius 3 is 2.52 bits per heavy atom. The van der Waals surface area contributed by atoms with E-state index in [0.29, 0.717) is 5.69 Å². The second-order valence-electron chi connectivity index (χ2n) is 7.02. The van der Waals surface area contributed by atoms with Gasteiger partial charge in [0.1, 0.15) is 12.4 Å². The Morgan fingerprint density at radius 1 is 1.10 bits per heavy atom. The molecule has 2 unspecified atom stereocenters. The van der Waals surface area contributed by atoms with Crippen LogP contribution in [0.3, 0.4) is 0 Å². The van der Waals surface area contributed by atoms with Gasteiger partial charge in [-0.15, -0.1) is 6.42 Å². The second-order valence-corrected chi connectivity index (χ2v) is 7.02. The van der Waals surface area contributed by atoms with E-state index in [9.17, 15) is 4.79 Å². The molecule has 0 spiro atoms. The van der Waals surface area contributed by atoms with E-state index < -0.39 is 0 Å². The van der Waals surface area contributed by atoms with Crippen LogP contribution in [0.25, 0.3) is 11.1 Å². The predicted molar refractivity (Wildman–Crippen MR) is 115 cm³/mol. The Hall–Kier alpha value is -3.78. The summed E-state index contributed by atoms with van der Waals surface area (Å²) in [5.41, 5.74) is 9.74. The minimum Gasteiger partial charge on any atom is -0.481 e. The van der Waals surface area contributed by atoms with Crippen LogP contribution in [0.2, 0.25) is 0 Å². The molecule has 1 aromatic heterocycles. The van der Waals surface area contributed by atoms with Gasteiger partial charge in [-0.3, -0.25) is 9.36 Å². The fraction of sp³-hybridized carbons (Fsp3) is 0.167. The zero-order valence-electron chi connectivity index (χ0n) is 16.1. The zero-order chi connectivity index (χ0) is 20.4. The van der Waals surface area contributed by atoms with Crippen molar-refractivity contribution < 1.29 is 4.74 Å². The lowest BCUT2D eigenvalue weighted by atomic mass is 9.75. The number of benzene rings is 2. The van der Waals surface area contributed by atoms with Crippen LogP contribution in [-0.2, 0) is 7.05 Å². The molecule has 1 aliphatic carbocycles. The number of allylic oxidation sites excluding steroid dienone is 2. The number of anilines is 1. The smallest absolute Gasteiger partial charge is 0.254 e. The molecule has 29 heavy (non-hydrogen) atoms. The predicted octanol–water partition coefficient (Wildman–Crippen LogP) is 3.48. The maximum atomic E-state index is 12.0. The van der Waals surface area contributed by atoms with E-state index >= 15 is 0 Å². The number of aromatic nitrogens is 2. The van der Waals surface area contributed by atoms with E-state index in [4.69, 9.17) is 16.9 Å². The summed E-state index contributed by atoms with van der Waals surface area (Å²) in [5.74, 6) is 3.68. The lowest BCUT2D eigenvalue weighted by Gasteiger charge is -2.29. The van der Waals surface area contributed by atoms with Crippen molar-refractivity contribution in [3.8, 4) is 29.2 Å². The highest BCUT2D eigenvalue weighted by Gasteiger charge is 2.29. The van der Waals surface area contributed by atoms with Crippen molar-refractivity contribution in [2.24, 2.45) is 7.05 Å². The Kier molecular flexibility index (Phi) is 4.92. The summed E-state index contributed by atoms with van der Waals surface area (Å²) in [5, 5.41) is 0. The van der Waals surface area contributed by atoms with Crippen molar-refractivity contribution in [3.63, 3.8) is 0 Å². The normalized spacial score (nSPS) is 17.4. The number of nitrogens with zero attached hydrogens (tertiary/aromatic N) is 2. The van der Waals surface area contributed by atoms with Gasteiger partial charge in [-0.1, -0.05) is 54.5 Å². The molecule has 0 saturated heterocycles. The molecule has 3 aromatic rings. The summed E-state index contributed by atoms with van der Waals surface area (Å²) in [6.45, 7) is 0.249. The number of terminal acetylenes is 1. The van der Waals surface area contributed by atoms with Gasteiger partial charge in [-0.2, -0.15) is 0 Å². The third kappa shape index (κ3) is 3.65. The van der Waals surface area contributed by atoms with Gasteiger partial charge < -0.3 is 10.5 Å². The highest BCUT2D eigenvalue weighted by molar-refractivity contribution is 5.65. The van der Waals surface area contributed by atoms with Crippen LogP contribution in [0.15, 0.2) is 71.5 Å². The van der Waals surface area contributed by atoms with E-state index in [-0.39, 0.29) is 30.0 Å². The van der Waals surface area contributed by atoms with Crippen LogP contribution in [0.1, 0.15) is 23.1 Å². The van der Waals surface area contributed by atoms with Crippen molar-refractivity contribution >= 4 is 5.95 Å². The van der Waals surface area contributed by atoms with Gasteiger partial charge in [-0.05, 0) is 28.8 Å². The number of nitrogens with two attached hydrogens (primary N) is 1. The molecule has 0 saturated carbocycles. The van der Waals surface area contributed by atoms with Crippen LogP contribution < -0.4 is 16.0 Å². The van der Waals surface area contributed by atoms with Gasteiger partial charge in [-0.25, -0.2) is 4.98 Å². The minimum absolute atomic E-state index is 0.0533. The summed E-state index contributed by atoms with van der Waals surface area (Å²) in [4.78, 5) is 16.4. The maximum absolute atomic E-state index is 12.0. The third-order valence-corrected chi connectivity index (χ3v) is 5.23. The van der Waals surface area contributed by atoms with E-state index in [0.717, 1.165) is 16.9 Å². The number of nitrogen functional groups attached to an aromatic ring is 1. The fourth-order valence-electron chi connectivity index (χ4n) is 3.47. The third-order valence-electron chi connectivity index (χ3n) is 5.23. The van der Waals surface area contributed by atoms with Crippen LogP contribution in [-0.4, -0.2) is 16.2 Å². The quantitative estimate of drug-likeness (QED) is 0.541. The molecule has 0 radical (unpaired) electrons. The number of hydrogen-bond acceptors (Lipinski definition) is 4. The number of ether oxygens (including phenoxy) is 1. The zero-order valence-corrected chi connectivity index (χ0v) is 16.1. The van der Waals surface area contributed by atoms with E-state index in [2.05, 4.69) is 47.3 Å². The first-order chi connectivity index (χ1) is 14.1. The Morgan fingerprint density at radius 2 is 1.86 bits per heavy atom. The first-order valence-corrected chi connectivity index (χ1v) is 9.35. The van der Waals surface area contributed by atoms with Crippen molar-refractivity contribution in [3.05, 3.63) is 88.4 Å². The van der Waals surface area contributed by atoms with Gasteiger partial charge in [0.15, 0.2) is 0 Å². The highest BCUT2D eigenvalue weighted by Crippen LogP contribution is 2.42. The molecule has 0 bridgehead atoms. The number of rotatable bonds is 5. The molecular formula is C24H21N3O2. The van der Waals surface area contributed by atoms with Crippen molar-refractivity contribution in [1.29, 1.82) is 0 Å². The molecule has 1 heterocycles. The average Bonchev–Trinajstić information content (AvgIpc) is 2.70. The van der Waals surface area contributed by atoms with Gasteiger partial charge in [0.05, 0.1) is 5.69 Å². The monoisotopic (exact) mass is 383 g/mol. The fourth-order valence-corrected chi connectivity index (χ4v) is 3.47. The van der Waals surface area contributed by atoms with Gasteiger partial charge in [0.25, 0.3) is 5.56 Å². The highest BCUT2D eigenvalue weighted by atomic mass is 16.5. The number of hydrogen-bond donors (Lipinski definition) is 1. The summed E-state index contributed by atoms with van der Waals surface area (Å²) in [6.07, 6.45) is 9.45. The largest absolute Gasteiger partial charge is 0.481 e. The van der Waals surface area contributed by atoms with Crippen molar-refractivity contribution in [2.45, 2.75) is 11.8 Å². The summed E-state index contributed by atoms with van der Waals surface area (Å²) >= 11 is 0. The van der Waals surface area contributed by atoms with E-state index in [1.807, 2.05) is 24.3 Å².